The maximum absolute atomic E-state index is 12.5. The molecule has 5 nitrogen and oxygen atoms in total. The number of aliphatic carboxylic acids is 1. The lowest BCUT2D eigenvalue weighted by atomic mass is 10.1. The van der Waals surface area contributed by atoms with Crippen LogP contribution < -0.4 is 0 Å². The van der Waals surface area contributed by atoms with Crippen LogP contribution in [0.15, 0.2) is 23.1 Å². The number of hydrogen-bond acceptors (Lipinski definition) is 3. The Morgan fingerprint density at radius 3 is 2.42 bits per heavy atom. The van der Waals surface area contributed by atoms with Crippen LogP contribution in [0.3, 0.4) is 0 Å². The fourth-order valence-electron chi connectivity index (χ4n) is 1.92. The Morgan fingerprint density at radius 1 is 1.32 bits per heavy atom. The van der Waals surface area contributed by atoms with E-state index in [-0.39, 0.29) is 10.9 Å². The van der Waals surface area contributed by atoms with Gasteiger partial charge in [0.2, 0.25) is 10.0 Å². The number of rotatable bonds is 5. The number of benzene rings is 1. The van der Waals surface area contributed by atoms with Crippen molar-refractivity contribution in [2.24, 2.45) is 0 Å². The molecule has 6 heteroatoms. The van der Waals surface area contributed by atoms with Crippen molar-refractivity contribution in [2.75, 3.05) is 6.54 Å². The van der Waals surface area contributed by atoms with Crippen LogP contribution in [0.5, 0.6) is 0 Å². The number of carbonyl (C=O) groups is 1. The molecule has 1 fully saturated rings. The summed E-state index contributed by atoms with van der Waals surface area (Å²) in [5.74, 6) is -1.13. The van der Waals surface area contributed by atoms with Crippen molar-refractivity contribution >= 4 is 16.0 Å². The molecule has 1 aliphatic rings. The van der Waals surface area contributed by atoms with E-state index in [9.17, 15) is 13.2 Å². The number of hydrogen-bond donors (Lipinski definition) is 1. The highest BCUT2D eigenvalue weighted by Gasteiger charge is 2.39. The summed E-state index contributed by atoms with van der Waals surface area (Å²) in [5, 5.41) is 8.86. The Kier molecular flexibility index (Phi) is 3.64. The molecule has 0 amide bonds. The fourth-order valence-corrected chi connectivity index (χ4v) is 3.64. The van der Waals surface area contributed by atoms with Crippen LogP contribution >= 0.6 is 0 Å². The van der Waals surface area contributed by atoms with Gasteiger partial charge in [-0.2, -0.15) is 4.31 Å². The zero-order valence-corrected chi connectivity index (χ0v) is 11.8. The van der Waals surface area contributed by atoms with E-state index in [1.54, 1.807) is 12.1 Å². The maximum Gasteiger partial charge on any atom is 0.318 e. The highest BCUT2D eigenvalue weighted by atomic mass is 32.2. The zero-order chi connectivity index (χ0) is 14.2. The molecule has 0 heterocycles. The molecule has 0 spiro atoms. The largest absolute Gasteiger partial charge is 0.480 e. The average Bonchev–Trinajstić information content (AvgIpc) is 3.13. The summed E-state index contributed by atoms with van der Waals surface area (Å²) in [5.41, 5.74) is 1.89. The minimum Gasteiger partial charge on any atom is -0.480 e. The monoisotopic (exact) mass is 283 g/mol. The fraction of sp³-hybridized carbons (Fsp3) is 0.462. The molecule has 1 aliphatic carbocycles. The molecule has 1 aromatic rings. The molecular weight excluding hydrogens is 266 g/mol. The number of carboxylic acids is 1. The van der Waals surface area contributed by atoms with E-state index in [0.717, 1.165) is 28.3 Å². The van der Waals surface area contributed by atoms with Gasteiger partial charge in [0.1, 0.15) is 6.54 Å². The van der Waals surface area contributed by atoms with Crippen molar-refractivity contribution < 1.29 is 18.3 Å². The molecule has 1 saturated carbocycles. The van der Waals surface area contributed by atoms with Crippen LogP contribution in [0.4, 0.5) is 0 Å². The minimum absolute atomic E-state index is 0.164. The summed E-state index contributed by atoms with van der Waals surface area (Å²) < 4.78 is 26.0. The molecule has 0 aliphatic heterocycles. The Labute approximate surface area is 112 Å². The molecular formula is C13H17NO4S. The van der Waals surface area contributed by atoms with Gasteiger partial charge in [0.25, 0.3) is 0 Å². The molecule has 1 aromatic carbocycles. The quantitative estimate of drug-likeness (QED) is 0.889. The summed E-state index contributed by atoms with van der Waals surface area (Å²) in [7, 11) is -3.72. The van der Waals surface area contributed by atoms with Crippen LogP contribution in [0.1, 0.15) is 24.0 Å². The summed E-state index contributed by atoms with van der Waals surface area (Å²) in [6, 6.07) is 4.72. The highest BCUT2D eigenvalue weighted by Crippen LogP contribution is 2.32. The predicted molar refractivity (Wildman–Crippen MR) is 70.5 cm³/mol. The summed E-state index contributed by atoms with van der Waals surface area (Å²) in [4.78, 5) is 11.0. The topological polar surface area (TPSA) is 74.7 Å². The van der Waals surface area contributed by atoms with Crippen molar-refractivity contribution in [3.63, 3.8) is 0 Å². The Bertz CT molecular complexity index is 605. The lowest BCUT2D eigenvalue weighted by molar-refractivity contribution is -0.137. The van der Waals surface area contributed by atoms with E-state index in [1.807, 2.05) is 13.8 Å². The second-order valence-corrected chi connectivity index (χ2v) is 6.81. The van der Waals surface area contributed by atoms with Crippen molar-refractivity contribution in [1.29, 1.82) is 0 Å². The van der Waals surface area contributed by atoms with E-state index in [4.69, 9.17) is 5.11 Å². The lowest BCUT2D eigenvalue weighted by Gasteiger charge is -2.20. The first-order valence-corrected chi connectivity index (χ1v) is 7.57. The van der Waals surface area contributed by atoms with Gasteiger partial charge in [-0.3, -0.25) is 4.79 Å². The van der Waals surface area contributed by atoms with Crippen LogP contribution in [0.2, 0.25) is 0 Å². The van der Waals surface area contributed by atoms with Crippen molar-refractivity contribution in [2.45, 2.75) is 37.6 Å². The van der Waals surface area contributed by atoms with Crippen LogP contribution in [0, 0.1) is 13.8 Å². The third-order valence-electron chi connectivity index (χ3n) is 3.33. The zero-order valence-electron chi connectivity index (χ0n) is 11.0. The molecule has 19 heavy (non-hydrogen) atoms. The Hall–Kier alpha value is -1.40. The lowest BCUT2D eigenvalue weighted by Crippen LogP contribution is -2.37. The molecule has 0 aromatic heterocycles. The van der Waals surface area contributed by atoms with Crippen LogP contribution in [-0.2, 0) is 14.8 Å². The number of carboxylic acid groups (broad SMARTS) is 1. The Morgan fingerprint density at radius 2 is 1.95 bits per heavy atom. The molecule has 2 rings (SSSR count). The summed E-state index contributed by atoms with van der Waals surface area (Å²) in [6.45, 7) is 3.27. The molecule has 0 bridgehead atoms. The Balaban J connectivity index is 2.38. The predicted octanol–water partition coefficient (Wildman–Crippen LogP) is 1.54. The summed E-state index contributed by atoms with van der Waals surface area (Å²) in [6.07, 6.45) is 1.47. The number of nitrogens with zero attached hydrogens (tertiary/aromatic N) is 1. The highest BCUT2D eigenvalue weighted by molar-refractivity contribution is 7.89. The number of aryl methyl sites for hydroxylation is 2. The third kappa shape index (κ3) is 2.96. The maximum atomic E-state index is 12.5. The van der Waals surface area contributed by atoms with Crippen molar-refractivity contribution in [3.05, 3.63) is 29.3 Å². The van der Waals surface area contributed by atoms with Gasteiger partial charge in [0.15, 0.2) is 0 Å². The van der Waals surface area contributed by atoms with E-state index in [2.05, 4.69) is 0 Å². The minimum atomic E-state index is -3.72. The van der Waals surface area contributed by atoms with Gasteiger partial charge >= 0.3 is 5.97 Å². The second kappa shape index (κ2) is 4.94. The van der Waals surface area contributed by atoms with E-state index in [0.29, 0.717) is 0 Å². The smallest absolute Gasteiger partial charge is 0.318 e. The van der Waals surface area contributed by atoms with Crippen molar-refractivity contribution in [1.82, 2.24) is 4.31 Å². The van der Waals surface area contributed by atoms with Gasteiger partial charge in [-0.15, -0.1) is 0 Å². The van der Waals surface area contributed by atoms with Gasteiger partial charge in [0, 0.05) is 6.04 Å². The number of sulfonamides is 1. The first-order valence-electron chi connectivity index (χ1n) is 6.13. The molecule has 0 saturated heterocycles. The normalized spacial score (nSPS) is 15.7. The third-order valence-corrected chi connectivity index (χ3v) is 5.22. The van der Waals surface area contributed by atoms with Crippen LogP contribution in [0.25, 0.3) is 0 Å². The molecule has 1 N–H and O–H groups in total. The van der Waals surface area contributed by atoms with Crippen molar-refractivity contribution in [3.8, 4) is 0 Å². The van der Waals surface area contributed by atoms with E-state index < -0.39 is 22.5 Å². The van der Waals surface area contributed by atoms with Gasteiger partial charge in [-0.05, 0) is 49.9 Å². The first-order chi connectivity index (χ1) is 8.82. The average molecular weight is 283 g/mol. The molecule has 0 unspecified atom stereocenters. The standard InChI is InChI=1S/C13H17NO4S/c1-9-3-6-12(7-10(9)2)19(17,18)14(8-13(15)16)11-4-5-11/h3,6-7,11H,4-5,8H2,1-2H3,(H,15,16). The van der Waals surface area contributed by atoms with Gasteiger partial charge < -0.3 is 5.11 Å². The first kappa shape index (κ1) is 14.0. The van der Waals surface area contributed by atoms with E-state index >= 15 is 0 Å². The van der Waals surface area contributed by atoms with Crippen LogP contribution in [-0.4, -0.2) is 36.4 Å². The van der Waals surface area contributed by atoms with Gasteiger partial charge in [-0.25, -0.2) is 8.42 Å². The molecule has 0 radical (unpaired) electrons. The molecule has 0 atom stereocenters. The van der Waals surface area contributed by atoms with Gasteiger partial charge in [0.05, 0.1) is 4.90 Å². The van der Waals surface area contributed by atoms with E-state index in [1.165, 1.54) is 6.07 Å². The summed E-state index contributed by atoms with van der Waals surface area (Å²) >= 11 is 0. The van der Waals surface area contributed by atoms with Gasteiger partial charge in [-0.1, -0.05) is 6.07 Å². The second-order valence-electron chi connectivity index (χ2n) is 4.92. The SMILES string of the molecule is Cc1ccc(S(=O)(=O)N(CC(=O)O)C2CC2)cc1C. The molecule has 104 valence electrons.